The Hall–Kier alpha value is -1.42. The van der Waals surface area contributed by atoms with E-state index in [0.717, 1.165) is 25.1 Å². The van der Waals surface area contributed by atoms with Crippen LogP contribution in [0.2, 0.25) is 0 Å². The molecule has 1 unspecified atom stereocenters. The highest BCUT2D eigenvalue weighted by Gasteiger charge is 2.17. The zero-order valence-electron chi connectivity index (χ0n) is 11.4. The second-order valence-corrected chi connectivity index (χ2v) is 5.28. The Morgan fingerprint density at radius 1 is 1.53 bits per heavy atom. The summed E-state index contributed by atoms with van der Waals surface area (Å²) in [5.74, 6) is 0.512. The van der Waals surface area contributed by atoms with Gasteiger partial charge in [-0.15, -0.1) is 0 Å². The molecule has 1 N–H and O–H groups in total. The number of nitrogens with zero attached hydrogens (tertiary/aromatic N) is 1. The molecule has 1 atom stereocenters. The van der Waals surface area contributed by atoms with Crippen molar-refractivity contribution in [2.24, 2.45) is 5.92 Å². The van der Waals surface area contributed by atoms with Gasteiger partial charge in [-0.2, -0.15) is 0 Å². The molecule has 1 aliphatic rings. The van der Waals surface area contributed by atoms with Crippen LogP contribution in [-0.2, 0) is 11.3 Å². The molecule has 1 saturated heterocycles. The zero-order chi connectivity index (χ0) is 13.7. The maximum Gasteiger partial charge on any atom is 0.222 e. The predicted molar refractivity (Wildman–Crippen MR) is 73.1 cm³/mol. The Balaban J connectivity index is 1.78. The molecule has 0 aliphatic carbocycles. The van der Waals surface area contributed by atoms with E-state index in [0.29, 0.717) is 18.9 Å². The van der Waals surface area contributed by atoms with Crippen molar-refractivity contribution in [3.05, 3.63) is 35.6 Å². The first-order chi connectivity index (χ1) is 9.15. The molecule has 1 fully saturated rings. The molecule has 0 bridgehead atoms. The maximum atomic E-state index is 13.1. The van der Waals surface area contributed by atoms with Gasteiger partial charge in [0, 0.05) is 20.0 Å². The van der Waals surface area contributed by atoms with Gasteiger partial charge in [-0.05, 0) is 49.5 Å². The van der Waals surface area contributed by atoms with E-state index in [1.54, 1.807) is 18.0 Å². The first-order valence-electron chi connectivity index (χ1n) is 6.84. The van der Waals surface area contributed by atoms with Crippen molar-refractivity contribution in [2.75, 3.05) is 20.1 Å². The van der Waals surface area contributed by atoms with Crippen molar-refractivity contribution in [3.8, 4) is 0 Å². The van der Waals surface area contributed by atoms with Crippen molar-refractivity contribution in [3.63, 3.8) is 0 Å². The van der Waals surface area contributed by atoms with Crippen LogP contribution in [0.5, 0.6) is 0 Å². The lowest BCUT2D eigenvalue weighted by Crippen LogP contribution is -2.26. The fourth-order valence-corrected chi connectivity index (χ4v) is 2.48. The smallest absolute Gasteiger partial charge is 0.222 e. The highest BCUT2D eigenvalue weighted by Crippen LogP contribution is 2.15. The molecule has 19 heavy (non-hydrogen) atoms. The monoisotopic (exact) mass is 264 g/mol. The normalized spacial score (nSPS) is 18.5. The molecular weight excluding hydrogens is 243 g/mol. The van der Waals surface area contributed by atoms with Gasteiger partial charge in [0.2, 0.25) is 5.91 Å². The van der Waals surface area contributed by atoms with Gasteiger partial charge in [0.15, 0.2) is 0 Å². The van der Waals surface area contributed by atoms with Crippen LogP contribution < -0.4 is 5.32 Å². The molecule has 3 nitrogen and oxygen atoms in total. The van der Waals surface area contributed by atoms with Gasteiger partial charge in [0.25, 0.3) is 0 Å². The average Bonchev–Trinajstić information content (AvgIpc) is 2.89. The number of amides is 1. The van der Waals surface area contributed by atoms with E-state index in [-0.39, 0.29) is 11.7 Å². The van der Waals surface area contributed by atoms with Crippen molar-refractivity contribution in [1.29, 1.82) is 0 Å². The van der Waals surface area contributed by atoms with Crippen LogP contribution >= 0.6 is 0 Å². The van der Waals surface area contributed by atoms with Crippen LogP contribution in [0.25, 0.3) is 0 Å². The molecule has 1 heterocycles. The molecular formula is C15H21FN2O. The summed E-state index contributed by atoms with van der Waals surface area (Å²) in [7, 11) is 1.78. The fraction of sp³-hybridized carbons (Fsp3) is 0.533. The molecule has 4 heteroatoms. The summed E-state index contributed by atoms with van der Waals surface area (Å²) in [6.07, 6.45) is 2.69. The minimum absolute atomic E-state index is 0.135. The van der Waals surface area contributed by atoms with E-state index in [9.17, 15) is 9.18 Å². The minimum atomic E-state index is -0.254. The van der Waals surface area contributed by atoms with E-state index in [2.05, 4.69) is 5.32 Å². The first-order valence-corrected chi connectivity index (χ1v) is 6.84. The lowest BCUT2D eigenvalue weighted by Gasteiger charge is -2.18. The molecule has 104 valence electrons. The summed E-state index contributed by atoms with van der Waals surface area (Å²) in [6, 6.07) is 6.41. The van der Waals surface area contributed by atoms with E-state index in [4.69, 9.17) is 0 Å². The fourth-order valence-electron chi connectivity index (χ4n) is 2.48. The van der Waals surface area contributed by atoms with Gasteiger partial charge in [0.1, 0.15) is 5.82 Å². The van der Waals surface area contributed by atoms with Crippen LogP contribution in [0, 0.1) is 11.7 Å². The highest BCUT2D eigenvalue weighted by molar-refractivity contribution is 5.75. The van der Waals surface area contributed by atoms with Crippen molar-refractivity contribution in [2.45, 2.75) is 25.8 Å². The van der Waals surface area contributed by atoms with Crippen LogP contribution in [0.15, 0.2) is 24.3 Å². The summed E-state index contributed by atoms with van der Waals surface area (Å²) in [5, 5.41) is 3.30. The second kappa shape index (κ2) is 6.66. The summed E-state index contributed by atoms with van der Waals surface area (Å²) < 4.78 is 13.1. The van der Waals surface area contributed by atoms with Gasteiger partial charge in [-0.25, -0.2) is 4.39 Å². The maximum absolute atomic E-state index is 13.1. The number of hydrogen-bond donors (Lipinski definition) is 1. The highest BCUT2D eigenvalue weighted by atomic mass is 19.1. The Labute approximate surface area is 113 Å². The Bertz CT molecular complexity index is 430. The SMILES string of the molecule is CN(Cc1cccc(F)c1)C(=O)CCC1CCNC1. The number of benzene rings is 1. The van der Waals surface area contributed by atoms with Crippen LogP contribution in [0.1, 0.15) is 24.8 Å². The molecule has 1 aliphatic heterocycles. The molecule has 0 saturated carbocycles. The van der Waals surface area contributed by atoms with Crippen molar-refractivity contribution >= 4 is 5.91 Å². The molecule has 0 aromatic heterocycles. The Morgan fingerprint density at radius 3 is 3.05 bits per heavy atom. The summed E-state index contributed by atoms with van der Waals surface area (Å²) in [4.78, 5) is 13.7. The number of carbonyl (C=O) groups is 1. The first kappa shape index (κ1) is 14.0. The molecule has 1 aromatic carbocycles. The largest absolute Gasteiger partial charge is 0.341 e. The third-order valence-corrected chi connectivity index (χ3v) is 3.66. The van der Waals surface area contributed by atoms with Gasteiger partial charge in [-0.3, -0.25) is 4.79 Å². The van der Waals surface area contributed by atoms with E-state index in [1.165, 1.54) is 18.6 Å². The van der Waals surface area contributed by atoms with Gasteiger partial charge >= 0.3 is 0 Å². The lowest BCUT2D eigenvalue weighted by molar-refractivity contribution is -0.130. The van der Waals surface area contributed by atoms with Crippen molar-refractivity contribution in [1.82, 2.24) is 10.2 Å². The van der Waals surface area contributed by atoms with E-state index in [1.807, 2.05) is 6.07 Å². The van der Waals surface area contributed by atoms with E-state index < -0.39 is 0 Å². The number of hydrogen-bond acceptors (Lipinski definition) is 2. The summed E-state index contributed by atoms with van der Waals surface area (Å²) in [5.41, 5.74) is 0.832. The minimum Gasteiger partial charge on any atom is -0.341 e. The average molecular weight is 264 g/mol. The standard InChI is InChI=1S/C15H21FN2O/c1-18(11-13-3-2-4-14(16)9-13)15(19)6-5-12-7-8-17-10-12/h2-4,9,12,17H,5-8,10-11H2,1H3. The van der Waals surface area contributed by atoms with Gasteiger partial charge < -0.3 is 10.2 Å². The number of halogens is 1. The van der Waals surface area contributed by atoms with Crippen molar-refractivity contribution < 1.29 is 9.18 Å². The molecule has 0 radical (unpaired) electrons. The van der Waals surface area contributed by atoms with Gasteiger partial charge in [0.05, 0.1) is 0 Å². The summed E-state index contributed by atoms with van der Waals surface area (Å²) >= 11 is 0. The third kappa shape index (κ3) is 4.31. The number of nitrogens with one attached hydrogen (secondary N) is 1. The van der Waals surface area contributed by atoms with Crippen LogP contribution in [-0.4, -0.2) is 30.9 Å². The number of carbonyl (C=O) groups excluding carboxylic acids is 1. The molecule has 2 rings (SSSR count). The molecule has 0 spiro atoms. The van der Waals surface area contributed by atoms with Crippen LogP contribution in [0.3, 0.4) is 0 Å². The second-order valence-electron chi connectivity index (χ2n) is 5.28. The zero-order valence-corrected chi connectivity index (χ0v) is 11.4. The lowest BCUT2D eigenvalue weighted by atomic mass is 10.0. The third-order valence-electron chi connectivity index (χ3n) is 3.66. The predicted octanol–water partition coefficient (Wildman–Crippen LogP) is 2.17. The summed E-state index contributed by atoms with van der Waals surface area (Å²) in [6.45, 7) is 2.57. The quantitative estimate of drug-likeness (QED) is 0.884. The molecule has 1 aromatic rings. The Morgan fingerprint density at radius 2 is 2.37 bits per heavy atom. The van der Waals surface area contributed by atoms with Gasteiger partial charge in [-0.1, -0.05) is 12.1 Å². The molecule has 1 amide bonds. The van der Waals surface area contributed by atoms with Crippen LogP contribution in [0.4, 0.5) is 4.39 Å². The van der Waals surface area contributed by atoms with E-state index >= 15 is 0 Å². The topological polar surface area (TPSA) is 32.3 Å². The Kier molecular flexibility index (Phi) is 4.91. The number of rotatable bonds is 5.